The molecule has 3 aromatic rings. The van der Waals surface area contributed by atoms with Gasteiger partial charge in [-0.2, -0.15) is 5.11 Å². The molecule has 0 aliphatic rings. The molecule has 24 heteroatoms. The number of methoxy groups -OCH3 is 1. The molecule has 0 aromatic heterocycles. The minimum atomic E-state index is -0.403. The highest BCUT2D eigenvalue weighted by molar-refractivity contribution is 5.87. The maximum absolute atomic E-state index is 11.2. The highest BCUT2D eigenvalue weighted by atomic mass is 16.6. The lowest BCUT2D eigenvalue weighted by molar-refractivity contribution is -0.134. The van der Waals surface area contributed by atoms with Crippen molar-refractivity contribution in [1.82, 2.24) is 0 Å². The molecule has 0 radical (unpaired) electrons. The van der Waals surface area contributed by atoms with Crippen LogP contribution in [0.5, 0.6) is 5.75 Å². The summed E-state index contributed by atoms with van der Waals surface area (Å²) in [6.45, 7) is 0. The van der Waals surface area contributed by atoms with Crippen LogP contribution in [-0.2, 0) is 9.53 Å². The molecular weight excluding hydrogens is 630 g/mol. The van der Waals surface area contributed by atoms with Crippen LogP contribution in [0.15, 0.2) is 188 Å². The van der Waals surface area contributed by atoms with Crippen LogP contribution < -0.4 is 4.84 Å². The molecule has 0 saturated heterocycles. The van der Waals surface area contributed by atoms with Gasteiger partial charge in [-0.15, -0.1) is 0 Å². The summed E-state index contributed by atoms with van der Waals surface area (Å²) in [5.74, 6) is -0.00638. The second-order valence-electron chi connectivity index (χ2n) is 7.84. The summed E-state index contributed by atoms with van der Waals surface area (Å²) >= 11 is 0. The second kappa shape index (κ2) is 21.9. The topological polar surface area (TPSA) is 295 Å². The molecule has 240 valence electrons. The van der Waals surface area contributed by atoms with Gasteiger partial charge in [0, 0.05) is 64.5 Å². The van der Waals surface area contributed by atoms with E-state index >= 15 is 0 Å². The van der Waals surface area contributed by atoms with Crippen LogP contribution in [0, 0.1) is 0 Å². The van der Waals surface area contributed by atoms with Crippen molar-refractivity contribution in [3.8, 4) is 16.9 Å². The summed E-state index contributed by atoms with van der Waals surface area (Å²) in [4.78, 5) is 20.8. The molecule has 3 rings (SSSR count). The van der Waals surface area contributed by atoms with E-state index in [4.69, 9.17) is 4.84 Å². The highest BCUT2D eigenvalue weighted by Gasteiger charge is 1.99. The van der Waals surface area contributed by atoms with E-state index in [1.54, 1.807) is 36.6 Å². The number of benzene rings is 3. The third-order valence-electron chi connectivity index (χ3n) is 4.92. The number of carbonyl (C=O) groups is 1. The van der Waals surface area contributed by atoms with Gasteiger partial charge in [0.25, 0.3) is 0 Å². The third-order valence-corrected chi connectivity index (χ3v) is 4.92. The molecule has 48 heavy (non-hydrogen) atoms. The Bertz CT molecular complexity index is 1790. The predicted molar refractivity (Wildman–Crippen MR) is 162 cm³/mol. The molecule has 0 aliphatic carbocycles. The van der Waals surface area contributed by atoms with Crippen molar-refractivity contribution in [1.29, 1.82) is 0 Å². The molecule has 0 heterocycles. The predicted octanol–water partition coefficient (Wildman–Crippen LogP) is 8.97. The minimum Gasteiger partial charge on any atom is -0.466 e. The van der Waals surface area contributed by atoms with Crippen LogP contribution in [0.1, 0.15) is 11.1 Å². The van der Waals surface area contributed by atoms with Crippen molar-refractivity contribution in [2.45, 2.75) is 0 Å². The van der Waals surface area contributed by atoms with Gasteiger partial charge in [-0.25, -0.2) is 4.79 Å². The van der Waals surface area contributed by atoms with E-state index in [2.05, 4.69) is 114 Å². The number of rotatable bonds is 16. The van der Waals surface area contributed by atoms with Crippen LogP contribution in [0.2, 0.25) is 0 Å². The number of aliphatic imine (C=N–C) groups is 1. The number of nitrogens with zero attached hydrogens (tertiary/aromatic N) is 21. The van der Waals surface area contributed by atoms with E-state index < -0.39 is 5.97 Å². The Morgan fingerprint density at radius 2 is 0.979 bits per heavy atom. The molecular formula is C24H21N21O3. The van der Waals surface area contributed by atoms with Crippen molar-refractivity contribution in [3.05, 3.63) is 90.0 Å². The van der Waals surface area contributed by atoms with Crippen molar-refractivity contribution < 1.29 is 14.4 Å². The number of ether oxygens (including phenoxy) is 1. The number of carbonyl (C=O) groups excluding carboxylic acids is 1. The molecule has 0 aliphatic heterocycles. The van der Waals surface area contributed by atoms with Gasteiger partial charge in [0.2, 0.25) is 0 Å². The van der Waals surface area contributed by atoms with Crippen molar-refractivity contribution in [2.24, 2.45) is 109 Å². The number of hydrogen-bond donors (Lipinski definition) is 0. The van der Waals surface area contributed by atoms with Crippen molar-refractivity contribution in [2.75, 3.05) is 14.2 Å². The molecule has 0 bridgehead atoms. The van der Waals surface area contributed by atoms with Gasteiger partial charge in [-0.05, 0) is 107 Å². The minimum absolute atomic E-state index is 0.396. The zero-order valence-corrected chi connectivity index (χ0v) is 24.8. The first kappa shape index (κ1) is 34.8. The van der Waals surface area contributed by atoms with Gasteiger partial charge >= 0.3 is 5.97 Å². The summed E-state index contributed by atoms with van der Waals surface area (Å²) < 4.78 is 4.60. The largest absolute Gasteiger partial charge is 0.466 e. The standard InChI is InChI=1S/C24H21N21O3/c1-25-27-28-29-30-31-32-33-34-35-36-37-38-39-40-41-42-43-44-45-48-23-14-5-19(6-15-23)17-26-22-12-10-21(11-13-22)20-8-3-18(4-9-20)7-16-24(46)47-2/h3-17H,1-2H3. The lowest BCUT2D eigenvalue weighted by atomic mass is 10.0. The Morgan fingerprint density at radius 1 is 0.542 bits per heavy atom. The van der Waals surface area contributed by atoms with Gasteiger partial charge in [0.15, 0.2) is 5.75 Å². The normalized spacial score (nSPS) is 13.1. The van der Waals surface area contributed by atoms with Gasteiger partial charge in [0.05, 0.1) is 25.1 Å². The summed E-state index contributed by atoms with van der Waals surface area (Å²) in [5.41, 5.74) is 4.57. The van der Waals surface area contributed by atoms with E-state index in [0.717, 1.165) is 27.9 Å². The molecule has 0 amide bonds. The fourth-order valence-electron chi connectivity index (χ4n) is 2.93. The zero-order chi connectivity index (χ0) is 33.9. The average molecular weight is 652 g/mol. The van der Waals surface area contributed by atoms with E-state index in [0.29, 0.717) is 5.75 Å². The fourth-order valence-corrected chi connectivity index (χ4v) is 2.93. The molecule has 3 aromatic carbocycles. The quantitative estimate of drug-likeness (QED) is 0.0481. The smallest absolute Gasteiger partial charge is 0.330 e. The van der Waals surface area contributed by atoms with Crippen LogP contribution in [0.4, 0.5) is 5.69 Å². The summed E-state index contributed by atoms with van der Waals surface area (Å²) in [5, 5.41) is 62.7. The Hall–Kier alpha value is -7.66. The lowest BCUT2D eigenvalue weighted by Gasteiger charge is -2.03. The van der Waals surface area contributed by atoms with E-state index in [9.17, 15) is 4.79 Å². The monoisotopic (exact) mass is 651 g/mol. The van der Waals surface area contributed by atoms with Crippen LogP contribution in [-0.4, -0.2) is 26.3 Å². The first-order valence-corrected chi connectivity index (χ1v) is 12.8. The first-order chi connectivity index (χ1) is 23.7. The maximum atomic E-state index is 11.2. The Labute approximate surface area is 268 Å². The molecule has 0 unspecified atom stereocenters. The van der Waals surface area contributed by atoms with Crippen LogP contribution in [0.3, 0.4) is 0 Å². The second-order valence-corrected chi connectivity index (χ2v) is 7.84. The third kappa shape index (κ3) is 14.7. The van der Waals surface area contributed by atoms with E-state index in [1.807, 2.05) is 48.5 Å². The van der Waals surface area contributed by atoms with Crippen LogP contribution >= 0.6 is 0 Å². The van der Waals surface area contributed by atoms with Gasteiger partial charge in [-0.3, -0.25) is 4.99 Å². The number of hydrogen-bond acceptors (Lipinski definition) is 6. The summed E-state index contributed by atoms with van der Waals surface area (Å²) in [6.07, 6.45) is 4.79. The van der Waals surface area contributed by atoms with Crippen molar-refractivity contribution >= 4 is 23.9 Å². The first-order valence-electron chi connectivity index (χ1n) is 12.8. The SMILES string of the molecule is CN=NN=NN=NN=NN=NN=NN=NN=NN=NN=NOc1ccc(C=Nc2ccc(-c3ccc(C=CC(=O)OC)cc3)cc2)cc1. The van der Waals surface area contributed by atoms with Crippen molar-refractivity contribution in [3.63, 3.8) is 0 Å². The molecule has 0 fully saturated rings. The maximum Gasteiger partial charge on any atom is 0.330 e. The Balaban J connectivity index is 1.35. The van der Waals surface area contributed by atoms with Crippen LogP contribution in [0.25, 0.3) is 17.2 Å². The summed E-state index contributed by atoms with van der Waals surface area (Å²) in [6, 6.07) is 22.5. The Kier molecular flexibility index (Phi) is 15.9. The van der Waals surface area contributed by atoms with Gasteiger partial charge in [0.1, 0.15) is 0 Å². The van der Waals surface area contributed by atoms with Gasteiger partial charge in [-0.1, -0.05) is 36.4 Å². The zero-order valence-electron chi connectivity index (χ0n) is 24.8. The van der Waals surface area contributed by atoms with E-state index in [1.165, 1.54) is 20.2 Å². The highest BCUT2D eigenvalue weighted by Crippen LogP contribution is 2.23. The Morgan fingerprint density at radius 3 is 1.46 bits per heavy atom. The van der Waals surface area contributed by atoms with Gasteiger partial charge < -0.3 is 9.57 Å². The molecule has 0 N–H and O–H groups in total. The summed E-state index contributed by atoms with van der Waals surface area (Å²) in [7, 11) is 2.73. The lowest BCUT2D eigenvalue weighted by Crippen LogP contribution is -1.93. The average Bonchev–Trinajstić information content (AvgIpc) is 3.13. The molecule has 0 spiro atoms. The number of esters is 1. The molecule has 0 atom stereocenters. The molecule has 24 nitrogen and oxygen atoms in total. The van der Waals surface area contributed by atoms with E-state index in [-0.39, 0.29) is 0 Å². The fraction of sp³-hybridized carbons (Fsp3) is 0.0833. The molecule has 0 saturated carbocycles.